The lowest BCUT2D eigenvalue weighted by Gasteiger charge is -2.21. The minimum Gasteiger partial charge on any atom is -0.391 e. The van der Waals surface area contributed by atoms with Crippen LogP contribution in [-0.2, 0) is 0 Å². The van der Waals surface area contributed by atoms with Gasteiger partial charge in [-0.1, -0.05) is 0 Å². The van der Waals surface area contributed by atoms with Gasteiger partial charge in [0.25, 0.3) is 0 Å². The Kier molecular flexibility index (Phi) is 2.89. The molecule has 0 spiro atoms. The zero-order valence-corrected chi connectivity index (χ0v) is 9.63. The number of hydrogen-bond acceptors (Lipinski definition) is 4. The van der Waals surface area contributed by atoms with Crippen molar-refractivity contribution < 1.29 is 10.2 Å². The molecule has 0 aliphatic carbocycles. The van der Waals surface area contributed by atoms with Crippen LogP contribution in [0.25, 0.3) is 0 Å². The first-order chi connectivity index (χ1) is 6.66. The number of β-amino-alcohol motifs (C(OH)–C–C–N with tert-alkyl or cyclic N) is 1. The zero-order valence-electron chi connectivity index (χ0n) is 7.47. The summed E-state index contributed by atoms with van der Waals surface area (Å²) in [6, 6.07) is 3.78. The maximum Gasteiger partial charge on any atom is 0.129 e. The number of pyridine rings is 1. The van der Waals surface area contributed by atoms with Crippen molar-refractivity contribution in [3.63, 3.8) is 0 Å². The molecular formula is C9H11IN2O2. The molecule has 2 atom stereocenters. The van der Waals surface area contributed by atoms with E-state index in [0.29, 0.717) is 13.0 Å². The second-order valence-corrected chi connectivity index (χ2v) is 4.47. The SMILES string of the molecule is OC1C[C@H](O)CN1c1ccc(I)nc1. The highest BCUT2D eigenvalue weighted by atomic mass is 127. The van der Waals surface area contributed by atoms with Gasteiger partial charge in [0.1, 0.15) is 9.93 Å². The molecule has 2 N–H and O–H groups in total. The standard InChI is InChI=1S/C9H11IN2O2/c10-8-2-1-6(4-11-8)12-5-7(13)3-9(12)14/h1-2,4,7,9,13-14H,3,5H2/t7-,9?/m0/s1. The van der Waals surface area contributed by atoms with E-state index in [1.165, 1.54) is 0 Å². The first-order valence-electron chi connectivity index (χ1n) is 4.41. The van der Waals surface area contributed by atoms with Gasteiger partial charge in [-0.15, -0.1) is 0 Å². The molecule has 1 saturated heterocycles. The van der Waals surface area contributed by atoms with E-state index in [2.05, 4.69) is 27.6 Å². The molecule has 0 bridgehead atoms. The molecule has 1 aliphatic rings. The quantitative estimate of drug-likeness (QED) is 0.588. The van der Waals surface area contributed by atoms with E-state index in [1.807, 2.05) is 12.1 Å². The first-order valence-corrected chi connectivity index (χ1v) is 5.49. The van der Waals surface area contributed by atoms with Crippen LogP contribution in [0.3, 0.4) is 0 Å². The molecule has 2 heterocycles. The third-order valence-corrected chi connectivity index (χ3v) is 2.93. The summed E-state index contributed by atoms with van der Waals surface area (Å²) >= 11 is 2.13. The van der Waals surface area contributed by atoms with Crippen LogP contribution in [0.4, 0.5) is 5.69 Å². The normalized spacial score (nSPS) is 26.9. The van der Waals surface area contributed by atoms with Crippen LogP contribution in [0, 0.1) is 3.70 Å². The number of hydrogen-bond donors (Lipinski definition) is 2. The van der Waals surface area contributed by atoms with E-state index >= 15 is 0 Å². The monoisotopic (exact) mass is 306 g/mol. The lowest BCUT2D eigenvalue weighted by atomic mass is 10.3. The molecule has 1 fully saturated rings. The minimum atomic E-state index is -0.591. The number of halogens is 1. The van der Waals surface area contributed by atoms with Gasteiger partial charge in [0, 0.05) is 13.0 Å². The molecule has 0 amide bonds. The van der Waals surface area contributed by atoms with Gasteiger partial charge in [-0.25, -0.2) is 4.98 Å². The van der Waals surface area contributed by atoms with Crippen molar-refractivity contribution >= 4 is 28.3 Å². The van der Waals surface area contributed by atoms with E-state index in [4.69, 9.17) is 0 Å². The van der Waals surface area contributed by atoms with Crippen molar-refractivity contribution in [2.24, 2.45) is 0 Å². The average molecular weight is 306 g/mol. The molecule has 1 aliphatic heterocycles. The Morgan fingerprint density at radius 1 is 1.43 bits per heavy atom. The molecule has 1 aromatic rings. The van der Waals surface area contributed by atoms with Gasteiger partial charge in [-0.2, -0.15) is 0 Å². The molecule has 0 radical (unpaired) electrons. The number of aromatic nitrogens is 1. The van der Waals surface area contributed by atoms with Crippen LogP contribution >= 0.6 is 22.6 Å². The summed E-state index contributed by atoms with van der Waals surface area (Å²) in [5.74, 6) is 0. The van der Waals surface area contributed by atoms with Crippen LogP contribution in [0.1, 0.15) is 6.42 Å². The highest BCUT2D eigenvalue weighted by Crippen LogP contribution is 2.23. The predicted molar refractivity (Wildman–Crippen MR) is 60.9 cm³/mol. The molecule has 76 valence electrons. The third kappa shape index (κ3) is 1.99. The largest absolute Gasteiger partial charge is 0.391 e. The van der Waals surface area contributed by atoms with Crippen LogP contribution in [0.15, 0.2) is 18.3 Å². The second kappa shape index (κ2) is 4.00. The van der Waals surface area contributed by atoms with Gasteiger partial charge in [0.15, 0.2) is 0 Å². The lowest BCUT2D eigenvalue weighted by molar-refractivity contribution is 0.140. The number of aliphatic hydroxyl groups is 2. The number of anilines is 1. The molecule has 14 heavy (non-hydrogen) atoms. The number of nitrogens with zero attached hydrogens (tertiary/aromatic N) is 2. The van der Waals surface area contributed by atoms with E-state index in [9.17, 15) is 10.2 Å². The highest BCUT2D eigenvalue weighted by molar-refractivity contribution is 14.1. The zero-order chi connectivity index (χ0) is 10.1. The van der Waals surface area contributed by atoms with Crippen molar-refractivity contribution in [1.82, 2.24) is 4.98 Å². The van der Waals surface area contributed by atoms with Gasteiger partial charge in [0.2, 0.25) is 0 Å². The second-order valence-electron chi connectivity index (χ2n) is 3.36. The summed E-state index contributed by atoms with van der Waals surface area (Å²) in [4.78, 5) is 5.89. The smallest absolute Gasteiger partial charge is 0.129 e. The average Bonchev–Trinajstić information content (AvgIpc) is 2.47. The molecule has 5 heteroatoms. The van der Waals surface area contributed by atoms with E-state index < -0.39 is 12.3 Å². The van der Waals surface area contributed by atoms with Crippen molar-refractivity contribution in [3.8, 4) is 0 Å². The minimum absolute atomic E-state index is 0.409. The fourth-order valence-corrected chi connectivity index (χ4v) is 1.93. The molecule has 4 nitrogen and oxygen atoms in total. The van der Waals surface area contributed by atoms with E-state index in [0.717, 1.165) is 9.39 Å². The Balaban J connectivity index is 2.19. The van der Waals surface area contributed by atoms with Crippen LogP contribution in [0.2, 0.25) is 0 Å². The summed E-state index contributed by atoms with van der Waals surface area (Å²) in [7, 11) is 0. The Bertz CT molecular complexity index is 317. The first kappa shape index (κ1) is 10.1. The van der Waals surface area contributed by atoms with Gasteiger partial charge in [-0.05, 0) is 34.7 Å². The summed E-state index contributed by atoms with van der Waals surface area (Å²) in [6.07, 6.45) is 1.09. The number of rotatable bonds is 1. The molecule has 2 rings (SSSR count). The van der Waals surface area contributed by atoms with Gasteiger partial charge in [-0.3, -0.25) is 0 Å². The number of aliphatic hydroxyl groups excluding tert-OH is 2. The summed E-state index contributed by atoms with van der Waals surface area (Å²) < 4.78 is 0.917. The third-order valence-electron chi connectivity index (χ3n) is 2.29. The fourth-order valence-electron chi connectivity index (χ4n) is 1.61. The van der Waals surface area contributed by atoms with Crippen LogP contribution < -0.4 is 4.90 Å². The predicted octanol–water partition coefficient (Wildman–Crippen LogP) is 0.576. The topological polar surface area (TPSA) is 56.6 Å². The highest BCUT2D eigenvalue weighted by Gasteiger charge is 2.29. The Morgan fingerprint density at radius 3 is 2.71 bits per heavy atom. The van der Waals surface area contributed by atoms with Crippen molar-refractivity contribution in [2.45, 2.75) is 18.8 Å². The van der Waals surface area contributed by atoms with Crippen molar-refractivity contribution in [3.05, 3.63) is 22.0 Å². The Morgan fingerprint density at radius 2 is 2.21 bits per heavy atom. The van der Waals surface area contributed by atoms with Gasteiger partial charge >= 0.3 is 0 Å². The molecule has 0 saturated carbocycles. The van der Waals surface area contributed by atoms with Gasteiger partial charge in [0.05, 0.1) is 18.0 Å². The Labute approximate surface area is 95.7 Å². The van der Waals surface area contributed by atoms with E-state index in [-0.39, 0.29) is 0 Å². The summed E-state index contributed by atoms with van der Waals surface area (Å²) in [6.45, 7) is 0.476. The molecule has 1 aromatic heterocycles. The molecule has 1 unspecified atom stereocenters. The van der Waals surface area contributed by atoms with Crippen LogP contribution in [-0.4, -0.2) is 34.1 Å². The molecule has 0 aromatic carbocycles. The fraction of sp³-hybridized carbons (Fsp3) is 0.444. The van der Waals surface area contributed by atoms with Gasteiger partial charge < -0.3 is 15.1 Å². The lowest BCUT2D eigenvalue weighted by Crippen LogP contribution is -2.29. The molecular weight excluding hydrogens is 295 g/mol. The van der Waals surface area contributed by atoms with Crippen molar-refractivity contribution in [2.75, 3.05) is 11.4 Å². The van der Waals surface area contributed by atoms with Crippen LogP contribution in [0.5, 0.6) is 0 Å². The van der Waals surface area contributed by atoms with Crippen molar-refractivity contribution in [1.29, 1.82) is 0 Å². The summed E-state index contributed by atoms with van der Waals surface area (Å²) in [5, 5.41) is 19.0. The van der Waals surface area contributed by atoms with E-state index in [1.54, 1.807) is 11.1 Å². The maximum atomic E-state index is 9.62. The summed E-state index contributed by atoms with van der Waals surface area (Å²) in [5.41, 5.74) is 0.856. The Hall–Kier alpha value is -0.400. The maximum absolute atomic E-state index is 9.62.